The normalized spacial score (nSPS) is 15.7. The van der Waals surface area contributed by atoms with E-state index >= 15 is 0 Å². The first-order chi connectivity index (χ1) is 16.3. The maximum absolute atomic E-state index is 13.7. The smallest absolute Gasteiger partial charge is 0.303 e. The summed E-state index contributed by atoms with van der Waals surface area (Å²) in [5.74, 6) is -0.556. The number of fused-ring (bicyclic) bond motifs is 2. The van der Waals surface area contributed by atoms with Gasteiger partial charge < -0.3 is 9.84 Å². The molecule has 0 aliphatic carbocycles. The molecule has 0 bridgehead atoms. The summed E-state index contributed by atoms with van der Waals surface area (Å²) in [6.45, 7) is 1.86. The van der Waals surface area contributed by atoms with Crippen molar-refractivity contribution < 1.29 is 23.1 Å². The Hall–Kier alpha value is -3.85. The van der Waals surface area contributed by atoms with Crippen molar-refractivity contribution in [2.24, 2.45) is 0 Å². The van der Waals surface area contributed by atoms with Crippen molar-refractivity contribution in [3.05, 3.63) is 78.5 Å². The van der Waals surface area contributed by atoms with E-state index in [-0.39, 0.29) is 24.3 Å². The summed E-state index contributed by atoms with van der Waals surface area (Å²) in [5, 5.41) is 13.5. The van der Waals surface area contributed by atoms with Crippen LogP contribution in [0.4, 0.5) is 5.69 Å². The van der Waals surface area contributed by atoms with Crippen molar-refractivity contribution in [2.75, 3.05) is 10.8 Å². The van der Waals surface area contributed by atoms with Crippen molar-refractivity contribution >= 4 is 27.2 Å². The summed E-state index contributed by atoms with van der Waals surface area (Å²) in [7, 11) is -3.92. The third-order valence-electron chi connectivity index (χ3n) is 5.87. The summed E-state index contributed by atoms with van der Waals surface area (Å²) in [4.78, 5) is 11.3. The van der Waals surface area contributed by atoms with E-state index in [2.05, 4.69) is 5.10 Å². The van der Waals surface area contributed by atoms with Gasteiger partial charge in [0.25, 0.3) is 10.0 Å². The molecule has 1 atom stereocenters. The molecule has 0 fully saturated rings. The highest BCUT2D eigenvalue weighted by Crippen LogP contribution is 2.40. The van der Waals surface area contributed by atoms with Gasteiger partial charge in [0.15, 0.2) is 0 Å². The number of aryl methyl sites for hydroxylation is 1. The topological polar surface area (TPSA) is 101 Å². The first kappa shape index (κ1) is 22.0. The monoisotopic (exact) mass is 477 g/mol. The van der Waals surface area contributed by atoms with Crippen LogP contribution in [0.2, 0.25) is 0 Å². The molecule has 8 nitrogen and oxygen atoms in total. The Morgan fingerprint density at radius 1 is 1.12 bits per heavy atom. The number of anilines is 1. The van der Waals surface area contributed by atoms with Gasteiger partial charge in [-0.2, -0.15) is 5.10 Å². The third-order valence-corrected chi connectivity index (χ3v) is 7.64. The van der Waals surface area contributed by atoms with Crippen LogP contribution in [0.1, 0.15) is 18.4 Å². The second-order valence-corrected chi connectivity index (χ2v) is 10.1. The van der Waals surface area contributed by atoms with Crippen LogP contribution >= 0.6 is 0 Å². The van der Waals surface area contributed by atoms with Crippen molar-refractivity contribution in [3.8, 4) is 17.0 Å². The van der Waals surface area contributed by atoms with Crippen LogP contribution in [0.15, 0.2) is 77.8 Å². The van der Waals surface area contributed by atoms with E-state index in [9.17, 15) is 13.2 Å². The van der Waals surface area contributed by atoms with Gasteiger partial charge in [0, 0.05) is 12.0 Å². The number of carboxylic acid groups (broad SMARTS) is 1. The van der Waals surface area contributed by atoms with Gasteiger partial charge in [-0.05, 0) is 67.4 Å². The number of aromatic nitrogens is 2. The number of carbonyl (C=O) groups is 1. The van der Waals surface area contributed by atoms with E-state index in [1.165, 1.54) is 4.31 Å². The zero-order valence-electron chi connectivity index (χ0n) is 18.5. The molecule has 9 heteroatoms. The second kappa shape index (κ2) is 8.49. The zero-order chi connectivity index (χ0) is 23.9. The predicted molar refractivity (Wildman–Crippen MR) is 128 cm³/mol. The number of sulfonamides is 1. The number of aliphatic carboxylic acids is 1. The second-order valence-electron chi connectivity index (χ2n) is 8.29. The number of rotatable bonds is 6. The SMILES string of the molecule is Cc1cccc(S(=O)(=O)N2C[C@H](CCC(=O)O)Oc3ccc(-c4cccc5ccnn45)cc32)c1. The first-order valence-electron chi connectivity index (χ1n) is 10.9. The number of hydrogen-bond donors (Lipinski definition) is 1. The molecule has 0 amide bonds. The Kier molecular flexibility index (Phi) is 5.49. The van der Waals surface area contributed by atoms with Gasteiger partial charge in [-0.3, -0.25) is 9.10 Å². The number of benzene rings is 2. The van der Waals surface area contributed by atoms with Crippen molar-refractivity contribution in [2.45, 2.75) is 30.8 Å². The first-order valence-corrected chi connectivity index (χ1v) is 12.3. The minimum absolute atomic E-state index is 0.0198. The van der Waals surface area contributed by atoms with Crippen molar-refractivity contribution in [3.63, 3.8) is 0 Å². The van der Waals surface area contributed by atoms with Crippen LogP contribution in [0, 0.1) is 6.92 Å². The maximum Gasteiger partial charge on any atom is 0.303 e. The number of pyridine rings is 1. The highest BCUT2D eigenvalue weighted by molar-refractivity contribution is 7.92. The number of carboxylic acids is 1. The molecule has 174 valence electrons. The van der Waals surface area contributed by atoms with Crippen LogP contribution in [-0.2, 0) is 14.8 Å². The van der Waals surface area contributed by atoms with E-state index in [1.54, 1.807) is 41.0 Å². The summed E-state index contributed by atoms with van der Waals surface area (Å²) < 4.78 is 36.6. The molecule has 0 spiro atoms. The van der Waals surface area contributed by atoms with Crippen molar-refractivity contribution in [1.29, 1.82) is 0 Å². The van der Waals surface area contributed by atoms with Gasteiger partial charge in [0.2, 0.25) is 0 Å². The largest absolute Gasteiger partial charge is 0.486 e. The molecule has 5 rings (SSSR count). The van der Waals surface area contributed by atoms with E-state index in [1.807, 2.05) is 43.3 Å². The molecule has 0 saturated carbocycles. The third kappa shape index (κ3) is 3.99. The minimum atomic E-state index is -3.92. The Bertz CT molecular complexity index is 1500. The fraction of sp³-hybridized carbons (Fsp3) is 0.200. The molecule has 0 radical (unpaired) electrons. The van der Waals surface area contributed by atoms with Gasteiger partial charge in [-0.1, -0.05) is 18.2 Å². The van der Waals surface area contributed by atoms with Gasteiger partial charge in [0.05, 0.1) is 34.5 Å². The lowest BCUT2D eigenvalue weighted by Gasteiger charge is -2.35. The molecule has 0 saturated heterocycles. The van der Waals surface area contributed by atoms with E-state index in [0.29, 0.717) is 11.4 Å². The molecule has 34 heavy (non-hydrogen) atoms. The summed E-state index contributed by atoms with van der Waals surface area (Å²) >= 11 is 0. The highest BCUT2D eigenvalue weighted by atomic mass is 32.2. The maximum atomic E-state index is 13.7. The number of ether oxygens (including phenoxy) is 1. The average molecular weight is 478 g/mol. The Morgan fingerprint density at radius 3 is 2.74 bits per heavy atom. The predicted octanol–water partition coefficient (Wildman–Crippen LogP) is 4.13. The summed E-state index contributed by atoms with van der Waals surface area (Å²) in [6.07, 6.45) is 1.21. The Morgan fingerprint density at radius 2 is 1.94 bits per heavy atom. The van der Waals surface area contributed by atoms with Crippen LogP contribution in [-0.4, -0.2) is 41.8 Å². The number of nitrogens with zero attached hydrogens (tertiary/aromatic N) is 3. The summed E-state index contributed by atoms with van der Waals surface area (Å²) in [6, 6.07) is 19.8. The standard InChI is InChI=1S/C25H23N3O5S/c1-17-4-2-6-21(14-17)34(31,32)27-16-20(9-11-25(29)30)33-24-10-8-18(15-23(24)27)22-7-3-5-19-12-13-26-28(19)22/h2-8,10,12-15,20H,9,11,16H2,1H3,(H,29,30)/t20-/m0/s1. The van der Waals surface area contributed by atoms with Crippen LogP contribution < -0.4 is 9.04 Å². The summed E-state index contributed by atoms with van der Waals surface area (Å²) in [5.41, 5.74) is 3.76. The Balaban J connectivity index is 1.62. The van der Waals surface area contributed by atoms with Crippen LogP contribution in [0.5, 0.6) is 5.75 Å². The molecule has 1 N–H and O–H groups in total. The van der Waals surface area contributed by atoms with E-state index in [4.69, 9.17) is 9.84 Å². The zero-order valence-corrected chi connectivity index (χ0v) is 19.3. The Labute approximate surface area is 197 Å². The molecule has 0 unspecified atom stereocenters. The lowest BCUT2D eigenvalue weighted by molar-refractivity contribution is -0.137. The molecule has 2 aromatic carbocycles. The highest BCUT2D eigenvalue weighted by Gasteiger charge is 2.35. The van der Waals surface area contributed by atoms with Crippen LogP contribution in [0.25, 0.3) is 16.8 Å². The fourth-order valence-electron chi connectivity index (χ4n) is 4.20. The molecule has 3 heterocycles. The molecule has 4 aromatic rings. The van der Waals surface area contributed by atoms with E-state index < -0.39 is 22.1 Å². The molecule has 1 aliphatic heterocycles. The van der Waals surface area contributed by atoms with Crippen LogP contribution in [0.3, 0.4) is 0 Å². The van der Waals surface area contributed by atoms with Gasteiger partial charge in [-0.25, -0.2) is 12.9 Å². The van der Waals surface area contributed by atoms with Gasteiger partial charge in [0.1, 0.15) is 11.9 Å². The molecule has 1 aliphatic rings. The fourth-order valence-corrected chi connectivity index (χ4v) is 5.81. The van der Waals surface area contributed by atoms with Gasteiger partial charge in [-0.15, -0.1) is 0 Å². The quantitative estimate of drug-likeness (QED) is 0.448. The van der Waals surface area contributed by atoms with Gasteiger partial charge >= 0.3 is 5.97 Å². The lowest BCUT2D eigenvalue weighted by atomic mass is 10.1. The van der Waals surface area contributed by atoms with E-state index in [0.717, 1.165) is 22.3 Å². The number of hydrogen-bond acceptors (Lipinski definition) is 5. The minimum Gasteiger partial charge on any atom is -0.486 e. The molecule has 2 aromatic heterocycles. The molecular formula is C25H23N3O5S. The van der Waals surface area contributed by atoms with Crippen molar-refractivity contribution in [1.82, 2.24) is 9.61 Å². The molecular weight excluding hydrogens is 454 g/mol. The average Bonchev–Trinajstić information content (AvgIpc) is 3.31. The lowest BCUT2D eigenvalue weighted by Crippen LogP contribution is -2.43.